The van der Waals surface area contributed by atoms with Gasteiger partial charge in [0, 0.05) is 19.5 Å². The van der Waals surface area contributed by atoms with Crippen molar-refractivity contribution in [1.29, 1.82) is 0 Å². The van der Waals surface area contributed by atoms with Gasteiger partial charge in [-0.1, -0.05) is 12.8 Å². The van der Waals surface area contributed by atoms with Crippen molar-refractivity contribution in [2.75, 3.05) is 18.0 Å². The van der Waals surface area contributed by atoms with Gasteiger partial charge in [-0.2, -0.15) is 0 Å². The largest absolute Gasteiger partial charge is 0.340 e. The molecule has 1 aromatic carbocycles. The summed E-state index contributed by atoms with van der Waals surface area (Å²) < 4.78 is 27.8. The average molecular weight is 390 g/mol. The van der Waals surface area contributed by atoms with Crippen LogP contribution in [0.3, 0.4) is 0 Å². The lowest BCUT2D eigenvalue weighted by atomic mass is 9.86. The Kier molecular flexibility index (Phi) is 4.81. The maximum Gasteiger partial charge on any atom is 0.328 e. The first-order chi connectivity index (χ1) is 13.4. The van der Waals surface area contributed by atoms with Gasteiger partial charge < -0.3 is 4.90 Å². The fourth-order valence-electron chi connectivity index (χ4n) is 4.66. The second-order valence-electron chi connectivity index (χ2n) is 7.88. The molecular weight excluding hydrogens is 366 g/mol. The van der Waals surface area contributed by atoms with E-state index in [9.17, 15) is 18.4 Å². The molecule has 28 heavy (non-hydrogen) atoms. The van der Waals surface area contributed by atoms with Crippen molar-refractivity contribution in [2.24, 2.45) is 4.99 Å². The number of likely N-dealkylation sites (tertiary alicyclic amines) is 1. The summed E-state index contributed by atoms with van der Waals surface area (Å²) in [7, 11) is 0. The molecule has 2 heterocycles. The number of benzene rings is 1. The Morgan fingerprint density at radius 3 is 2.50 bits per heavy atom. The zero-order valence-electron chi connectivity index (χ0n) is 15.9. The van der Waals surface area contributed by atoms with Crippen LogP contribution in [-0.4, -0.2) is 47.3 Å². The number of carbonyl (C=O) groups excluding carboxylic acids is 2. The fourth-order valence-corrected chi connectivity index (χ4v) is 4.66. The van der Waals surface area contributed by atoms with Crippen LogP contribution in [0.5, 0.6) is 0 Å². The monoisotopic (exact) mass is 390 g/mol. The summed E-state index contributed by atoms with van der Waals surface area (Å²) in [5.41, 5.74) is -0.791. The molecule has 3 fully saturated rings. The van der Waals surface area contributed by atoms with E-state index in [2.05, 4.69) is 5.32 Å². The summed E-state index contributed by atoms with van der Waals surface area (Å²) in [5, 5.41) is 2.84. The standard InChI is InChI=1S/C20H24F2N4O2/c1-13(27)25-8-4-7-20(12-25)18(23-16-5-2-3-6-16)24-19(28)26(20)17-10-14(21)9-15(22)11-17/h9-11,16H,2-8,12H2,1H3,(H,23,24,28). The number of anilines is 1. The summed E-state index contributed by atoms with van der Waals surface area (Å²) in [6.45, 7) is 2.33. The van der Waals surface area contributed by atoms with Crippen LogP contribution >= 0.6 is 0 Å². The maximum atomic E-state index is 13.9. The molecule has 1 N–H and O–H groups in total. The number of urea groups is 1. The molecule has 0 aromatic heterocycles. The SMILES string of the molecule is CC(=O)N1CCCC2(C1)C(=NC1CCCC1)NC(=O)N2c1cc(F)cc(F)c1. The number of hydrogen-bond donors (Lipinski definition) is 1. The lowest BCUT2D eigenvalue weighted by molar-refractivity contribution is -0.130. The Morgan fingerprint density at radius 2 is 1.86 bits per heavy atom. The summed E-state index contributed by atoms with van der Waals surface area (Å²) in [6, 6.07) is 2.74. The highest BCUT2D eigenvalue weighted by atomic mass is 19.1. The molecule has 3 aliphatic rings. The Bertz CT molecular complexity index is 817. The molecule has 1 unspecified atom stereocenters. The van der Waals surface area contributed by atoms with Crippen LogP contribution in [-0.2, 0) is 4.79 Å². The van der Waals surface area contributed by atoms with E-state index in [4.69, 9.17) is 4.99 Å². The first kappa shape index (κ1) is 18.8. The van der Waals surface area contributed by atoms with E-state index in [0.29, 0.717) is 25.2 Å². The molecule has 150 valence electrons. The number of hydrogen-bond acceptors (Lipinski definition) is 3. The molecule has 0 radical (unpaired) electrons. The van der Waals surface area contributed by atoms with Crippen LogP contribution in [0.1, 0.15) is 45.4 Å². The van der Waals surface area contributed by atoms with Gasteiger partial charge in [0.2, 0.25) is 5.91 Å². The van der Waals surface area contributed by atoms with Gasteiger partial charge in [-0.25, -0.2) is 13.6 Å². The van der Waals surface area contributed by atoms with Gasteiger partial charge in [-0.05, 0) is 37.8 Å². The number of amidine groups is 1. The molecule has 0 bridgehead atoms. The van der Waals surface area contributed by atoms with Gasteiger partial charge in [0.05, 0.1) is 18.3 Å². The van der Waals surface area contributed by atoms with Crippen molar-refractivity contribution in [3.63, 3.8) is 0 Å². The van der Waals surface area contributed by atoms with Gasteiger partial charge in [0.1, 0.15) is 23.0 Å². The summed E-state index contributed by atoms with van der Waals surface area (Å²) in [5.74, 6) is -1.08. The van der Waals surface area contributed by atoms with Crippen LogP contribution in [0.15, 0.2) is 23.2 Å². The molecule has 1 aromatic rings. The Balaban J connectivity index is 1.81. The van der Waals surface area contributed by atoms with E-state index in [1.165, 1.54) is 11.8 Å². The van der Waals surface area contributed by atoms with E-state index in [1.807, 2.05) is 0 Å². The zero-order valence-corrected chi connectivity index (χ0v) is 15.9. The van der Waals surface area contributed by atoms with Crippen molar-refractivity contribution in [2.45, 2.75) is 57.0 Å². The second kappa shape index (κ2) is 7.14. The lowest BCUT2D eigenvalue weighted by Gasteiger charge is -2.44. The minimum Gasteiger partial charge on any atom is -0.340 e. The van der Waals surface area contributed by atoms with E-state index in [-0.39, 0.29) is 24.2 Å². The highest BCUT2D eigenvalue weighted by Gasteiger charge is 2.54. The Morgan fingerprint density at radius 1 is 1.18 bits per heavy atom. The van der Waals surface area contributed by atoms with Gasteiger partial charge >= 0.3 is 6.03 Å². The van der Waals surface area contributed by atoms with E-state index >= 15 is 0 Å². The van der Waals surface area contributed by atoms with Crippen LogP contribution in [0.2, 0.25) is 0 Å². The molecule has 1 spiro atoms. The maximum absolute atomic E-state index is 13.9. The van der Waals surface area contributed by atoms with Crippen molar-refractivity contribution in [3.8, 4) is 0 Å². The predicted octanol–water partition coefficient (Wildman–Crippen LogP) is 3.22. The van der Waals surface area contributed by atoms with Gasteiger partial charge in [0.15, 0.2) is 0 Å². The lowest BCUT2D eigenvalue weighted by Crippen LogP contribution is -2.61. The van der Waals surface area contributed by atoms with Crippen LogP contribution in [0.4, 0.5) is 19.3 Å². The third-order valence-electron chi connectivity index (χ3n) is 5.96. The minimum atomic E-state index is -0.927. The van der Waals surface area contributed by atoms with Crippen molar-refractivity contribution in [3.05, 3.63) is 29.8 Å². The van der Waals surface area contributed by atoms with Crippen LogP contribution in [0.25, 0.3) is 0 Å². The van der Waals surface area contributed by atoms with Crippen molar-refractivity contribution < 1.29 is 18.4 Å². The number of amides is 3. The van der Waals surface area contributed by atoms with Gasteiger partial charge in [-0.3, -0.25) is 20.0 Å². The number of nitrogens with zero attached hydrogens (tertiary/aromatic N) is 3. The zero-order chi connectivity index (χ0) is 19.9. The highest BCUT2D eigenvalue weighted by molar-refractivity contribution is 6.19. The van der Waals surface area contributed by atoms with E-state index < -0.39 is 23.2 Å². The van der Waals surface area contributed by atoms with Crippen molar-refractivity contribution in [1.82, 2.24) is 10.2 Å². The molecule has 1 aliphatic carbocycles. The summed E-state index contributed by atoms with van der Waals surface area (Å²) in [6.07, 6.45) is 5.36. The molecule has 1 atom stereocenters. The molecule has 1 saturated carbocycles. The quantitative estimate of drug-likeness (QED) is 0.843. The smallest absolute Gasteiger partial charge is 0.328 e. The molecule has 6 nitrogen and oxygen atoms in total. The predicted molar refractivity (Wildman–Crippen MR) is 101 cm³/mol. The third kappa shape index (κ3) is 3.25. The third-order valence-corrected chi connectivity index (χ3v) is 5.96. The van der Waals surface area contributed by atoms with Crippen molar-refractivity contribution >= 4 is 23.5 Å². The van der Waals surface area contributed by atoms with Crippen LogP contribution in [0, 0.1) is 11.6 Å². The second-order valence-corrected chi connectivity index (χ2v) is 7.88. The van der Waals surface area contributed by atoms with Gasteiger partial charge in [0.25, 0.3) is 0 Å². The summed E-state index contributed by atoms with van der Waals surface area (Å²) >= 11 is 0. The number of carbonyl (C=O) groups is 2. The fraction of sp³-hybridized carbons (Fsp3) is 0.550. The van der Waals surface area contributed by atoms with E-state index in [0.717, 1.165) is 43.9 Å². The number of nitrogens with one attached hydrogen (secondary N) is 1. The first-order valence-electron chi connectivity index (χ1n) is 9.80. The topological polar surface area (TPSA) is 65.0 Å². The van der Waals surface area contributed by atoms with E-state index in [1.54, 1.807) is 4.90 Å². The summed E-state index contributed by atoms with van der Waals surface area (Å²) in [4.78, 5) is 32.9. The number of aliphatic imine (C=N–C) groups is 1. The first-order valence-corrected chi connectivity index (χ1v) is 9.80. The molecule has 4 rings (SSSR count). The Labute approximate surface area is 162 Å². The van der Waals surface area contributed by atoms with Gasteiger partial charge in [-0.15, -0.1) is 0 Å². The molecule has 8 heteroatoms. The normalized spacial score (nSPS) is 27.1. The molecule has 3 amide bonds. The average Bonchev–Trinajstić information content (AvgIpc) is 3.21. The number of halogens is 2. The Hall–Kier alpha value is -2.51. The minimum absolute atomic E-state index is 0.0935. The highest BCUT2D eigenvalue weighted by Crippen LogP contribution is 2.38. The molecule has 2 aliphatic heterocycles. The van der Waals surface area contributed by atoms with Crippen LogP contribution < -0.4 is 10.2 Å². The number of piperidine rings is 1. The molecular formula is C20H24F2N4O2. The number of rotatable bonds is 2. The molecule has 2 saturated heterocycles.